The Labute approximate surface area is 144 Å². The van der Waals surface area contributed by atoms with Crippen molar-refractivity contribution in [3.05, 3.63) is 63.6 Å². The number of nitrogens with zero attached hydrogens (tertiary/aromatic N) is 1. The number of halogens is 1. The molecule has 2 rings (SSSR count). The molecule has 0 aliphatic heterocycles. The first-order valence-electron chi connectivity index (χ1n) is 7.32. The predicted molar refractivity (Wildman–Crippen MR) is 96.1 cm³/mol. The molecule has 120 valence electrons. The van der Waals surface area contributed by atoms with Crippen molar-refractivity contribution in [2.45, 2.75) is 26.9 Å². The highest BCUT2D eigenvalue weighted by Crippen LogP contribution is 2.26. The first-order chi connectivity index (χ1) is 11.0. The van der Waals surface area contributed by atoms with Gasteiger partial charge in [0, 0.05) is 5.56 Å². The summed E-state index contributed by atoms with van der Waals surface area (Å²) in [5.41, 5.74) is 5.06. The third kappa shape index (κ3) is 5.21. The molecule has 2 aromatic carbocycles. The number of amides is 1. The zero-order chi connectivity index (χ0) is 16.8. The lowest BCUT2D eigenvalue weighted by atomic mass is 10.1. The van der Waals surface area contributed by atoms with Crippen LogP contribution in [0.4, 0.5) is 0 Å². The molecule has 0 heterocycles. The number of rotatable bonds is 5. The Morgan fingerprint density at radius 1 is 1.22 bits per heavy atom. The Morgan fingerprint density at radius 2 is 1.91 bits per heavy atom. The molecule has 4 nitrogen and oxygen atoms in total. The van der Waals surface area contributed by atoms with Crippen molar-refractivity contribution >= 4 is 28.1 Å². The molecule has 1 N–H and O–H groups in total. The standard InChI is InChI=1S/C18H19BrN2O2/c1-12(2)23-17-9-6-14(10-16(17)19)11-20-21-18(22)15-7-4-13(3)5-8-15/h4-12H,1-3H3,(H,21,22)/b20-11-. The van der Waals surface area contributed by atoms with Crippen molar-refractivity contribution in [2.24, 2.45) is 5.10 Å². The summed E-state index contributed by atoms with van der Waals surface area (Å²) in [5, 5.41) is 3.99. The molecule has 0 aliphatic rings. The van der Waals surface area contributed by atoms with Gasteiger partial charge in [-0.15, -0.1) is 0 Å². The Kier molecular flexibility index (Phi) is 5.93. The number of hydrogen-bond acceptors (Lipinski definition) is 3. The zero-order valence-electron chi connectivity index (χ0n) is 13.3. The van der Waals surface area contributed by atoms with Crippen molar-refractivity contribution in [1.29, 1.82) is 0 Å². The molecule has 0 spiro atoms. The van der Waals surface area contributed by atoms with Gasteiger partial charge in [0.25, 0.3) is 5.91 Å². The summed E-state index contributed by atoms with van der Waals surface area (Å²) in [4.78, 5) is 11.9. The summed E-state index contributed by atoms with van der Waals surface area (Å²) in [7, 11) is 0. The lowest BCUT2D eigenvalue weighted by molar-refractivity contribution is 0.0955. The SMILES string of the molecule is Cc1ccc(C(=O)N/N=C\c2ccc(OC(C)C)c(Br)c2)cc1. The quantitative estimate of drug-likeness (QED) is 0.626. The van der Waals surface area contributed by atoms with Crippen molar-refractivity contribution in [2.75, 3.05) is 0 Å². The minimum absolute atomic E-state index is 0.111. The van der Waals surface area contributed by atoms with Crippen LogP contribution < -0.4 is 10.2 Å². The Hall–Kier alpha value is -2.14. The fraction of sp³-hybridized carbons (Fsp3) is 0.222. The second-order valence-corrected chi connectivity index (χ2v) is 6.28. The normalized spacial score (nSPS) is 11.0. The van der Waals surface area contributed by atoms with Crippen LogP contribution in [0.5, 0.6) is 5.75 Å². The van der Waals surface area contributed by atoms with Gasteiger partial charge < -0.3 is 4.74 Å². The second kappa shape index (κ2) is 7.92. The maximum absolute atomic E-state index is 11.9. The molecule has 0 bridgehead atoms. The van der Waals surface area contributed by atoms with Crippen LogP contribution in [0.1, 0.15) is 35.3 Å². The van der Waals surface area contributed by atoms with Gasteiger partial charge in [-0.2, -0.15) is 5.10 Å². The molecule has 0 aliphatic carbocycles. The molecule has 0 atom stereocenters. The van der Waals surface area contributed by atoms with E-state index < -0.39 is 0 Å². The molecule has 0 radical (unpaired) electrons. The summed E-state index contributed by atoms with van der Waals surface area (Å²) in [6.07, 6.45) is 1.70. The first kappa shape index (κ1) is 17.2. The topological polar surface area (TPSA) is 50.7 Å². The van der Waals surface area contributed by atoms with Gasteiger partial charge in [0.05, 0.1) is 16.8 Å². The molecule has 0 saturated heterocycles. The molecule has 2 aromatic rings. The van der Waals surface area contributed by atoms with Crippen LogP contribution in [-0.2, 0) is 0 Å². The van der Waals surface area contributed by atoms with Gasteiger partial charge in [-0.25, -0.2) is 5.43 Å². The van der Waals surface area contributed by atoms with Crippen LogP contribution in [0.2, 0.25) is 0 Å². The van der Waals surface area contributed by atoms with Crippen molar-refractivity contribution in [3.8, 4) is 5.75 Å². The number of carbonyl (C=O) groups is 1. The molecule has 0 fully saturated rings. The monoisotopic (exact) mass is 374 g/mol. The van der Waals surface area contributed by atoms with Gasteiger partial charge in [0.2, 0.25) is 0 Å². The number of hydrazone groups is 1. The average molecular weight is 375 g/mol. The minimum atomic E-state index is -0.236. The van der Waals surface area contributed by atoms with E-state index in [1.165, 1.54) is 0 Å². The van der Waals surface area contributed by atoms with E-state index in [9.17, 15) is 4.79 Å². The van der Waals surface area contributed by atoms with E-state index in [4.69, 9.17) is 4.74 Å². The molecule has 5 heteroatoms. The second-order valence-electron chi connectivity index (χ2n) is 5.42. The summed E-state index contributed by atoms with van der Waals surface area (Å²) >= 11 is 3.47. The van der Waals surface area contributed by atoms with Gasteiger partial charge in [-0.1, -0.05) is 17.7 Å². The maximum Gasteiger partial charge on any atom is 0.271 e. The van der Waals surface area contributed by atoms with E-state index in [2.05, 4.69) is 26.5 Å². The predicted octanol–water partition coefficient (Wildman–Crippen LogP) is 4.31. The van der Waals surface area contributed by atoms with E-state index in [-0.39, 0.29) is 12.0 Å². The van der Waals surface area contributed by atoms with Crippen LogP contribution in [-0.4, -0.2) is 18.2 Å². The highest BCUT2D eigenvalue weighted by Gasteiger charge is 2.05. The van der Waals surface area contributed by atoms with E-state index in [0.717, 1.165) is 21.3 Å². The van der Waals surface area contributed by atoms with E-state index >= 15 is 0 Å². The Morgan fingerprint density at radius 3 is 2.52 bits per heavy atom. The Balaban J connectivity index is 1.99. The summed E-state index contributed by atoms with van der Waals surface area (Å²) in [6.45, 7) is 5.93. The van der Waals surface area contributed by atoms with Crippen LogP contribution in [0.25, 0.3) is 0 Å². The lowest BCUT2D eigenvalue weighted by Gasteiger charge is -2.11. The average Bonchev–Trinajstić information content (AvgIpc) is 2.50. The number of benzene rings is 2. The molecule has 23 heavy (non-hydrogen) atoms. The van der Waals surface area contributed by atoms with Crippen molar-refractivity contribution in [3.63, 3.8) is 0 Å². The molecular formula is C18H19BrN2O2. The molecule has 0 aromatic heterocycles. The molecule has 0 saturated carbocycles. The van der Waals surface area contributed by atoms with Crippen LogP contribution in [0, 0.1) is 6.92 Å². The van der Waals surface area contributed by atoms with Gasteiger partial charge in [-0.3, -0.25) is 4.79 Å². The van der Waals surface area contributed by atoms with E-state index in [0.29, 0.717) is 5.56 Å². The summed E-state index contributed by atoms with van der Waals surface area (Å²) < 4.78 is 6.50. The number of hydrogen-bond donors (Lipinski definition) is 1. The largest absolute Gasteiger partial charge is 0.490 e. The number of aryl methyl sites for hydroxylation is 1. The number of ether oxygens (including phenoxy) is 1. The van der Waals surface area contributed by atoms with Gasteiger partial charge >= 0.3 is 0 Å². The van der Waals surface area contributed by atoms with Gasteiger partial charge in [0.15, 0.2) is 0 Å². The Bertz CT molecular complexity index is 709. The lowest BCUT2D eigenvalue weighted by Crippen LogP contribution is -2.17. The minimum Gasteiger partial charge on any atom is -0.490 e. The van der Waals surface area contributed by atoms with Crippen molar-refractivity contribution < 1.29 is 9.53 Å². The third-order valence-corrected chi connectivity index (χ3v) is 3.63. The van der Waals surface area contributed by atoms with Crippen molar-refractivity contribution in [1.82, 2.24) is 5.43 Å². The highest BCUT2D eigenvalue weighted by atomic mass is 79.9. The van der Waals surface area contributed by atoms with Crippen LogP contribution >= 0.6 is 15.9 Å². The maximum atomic E-state index is 11.9. The molecule has 0 unspecified atom stereocenters. The zero-order valence-corrected chi connectivity index (χ0v) is 14.9. The molecular weight excluding hydrogens is 356 g/mol. The fourth-order valence-corrected chi connectivity index (χ4v) is 2.37. The van der Waals surface area contributed by atoms with Gasteiger partial charge in [0.1, 0.15) is 5.75 Å². The molecule has 1 amide bonds. The third-order valence-electron chi connectivity index (χ3n) is 3.01. The van der Waals surface area contributed by atoms with Crippen LogP contribution in [0.3, 0.4) is 0 Å². The number of carbonyl (C=O) groups excluding carboxylic acids is 1. The number of nitrogens with one attached hydrogen (secondary N) is 1. The summed E-state index contributed by atoms with van der Waals surface area (Å²) in [6, 6.07) is 13.0. The fourth-order valence-electron chi connectivity index (χ4n) is 1.88. The highest BCUT2D eigenvalue weighted by molar-refractivity contribution is 9.10. The smallest absolute Gasteiger partial charge is 0.271 e. The first-order valence-corrected chi connectivity index (χ1v) is 8.11. The van der Waals surface area contributed by atoms with Gasteiger partial charge in [-0.05, 0) is 72.6 Å². The van der Waals surface area contributed by atoms with E-state index in [1.807, 2.05) is 51.1 Å². The summed E-state index contributed by atoms with van der Waals surface area (Å²) in [5.74, 6) is 0.543. The van der Waals surface area contributed by atoms with Crippen LogP contribution in [0.15, 0.2) is 52.0 Å². The van der Waals surface area contributed by atoms with E-state index in [1.54, 1.807) is 18.3 Å².